The number of aromatic nitrogens is 1. The fourth-order valence-corrected chi connectivity index (χ4v) is 1.78. The number of ketones is 3. The van der Waals surface area contributed by atoms with Gasteiger partial charge in [0, 0.05) is 25.6 Å². The number of carbonyl (C=O) groups excluding carboxylic acids is 4. The number of hydrogen-bond donors (Lipinski definition) is 1. The fraction of sp³-hybridized carbons (Fsp3) is 0.143. The zero-order valence-electron chi connectivity index (χ0n) is 10.9. The number of fused-ring (bicyclic) bond motifs is 1. The zero-order chi connectivity index (χ0) is 14.9. The van der Waals surface area contributed by atoms with E-state index in [1.807, 2.05) is 0 Å². The van der Waals surface area contributed by atoms with Gasteiger partial charge in [-0.05, 0) is 12.1 Å². The molecule has 0 aliphatic carbocycles. The van der Waals surface area contributed by atoms with Gasteiger partial charge in [0.15, 0.2) is 5.78 Å². The van der Waals surface area contributed by atoms with E-state index in [0.29, 0.717) is 10.9 Å². The van der Waals surface area contributed by atoms with Crippen LogP contribution in [0.3, 0.4) is 0 Å². The van der Waals surface area contributed by atoms with Gasteiger partial charge in [0.05, 0.1) is 10.9 Å². The summed E-state index contributed by atoms with van der Waals surface area (Å²) >= 11 is 0. The molecule has 0 fully saturated rings. The van der Waals surface area contributed by atoms with Gasteiger partial charge in [-0.3, -0.25) is 14.4 Å². The smallest absolute Gasteiger partial charge is 0.379 e. The molecule has 1 heterocycles. The maximum atomic E-state index is 11.8. The van der Waals surface area contributed by atoms with Crippen molar-refractivity contribution in [1.82, 2.24) is 4.98 Å². The monoisotopic (exact) mass is 273 g/mol. The van der Waals surface area contributed by atoms with Crippen LogP contribution in [0.4, 0.5) is 0 Å². The number of Topliss-reactive ketones (excluding diaryl/α,β-unsaturated/α-hetero) is 3. The van der Waals surface area contributed by atoms with Crippen molar-refractivity contribution in [3.05, 3.63) is 30.0 Å². The number of H-pyrrole nitrogens is 1. The minimum atomic E-state index is -1.03. The van der Waals surface area contributed by atoms with Gasteiger partial charge in [-0.15, -0.1) is 0 Å². The largest absolute Gasteiger partial charge is 0.420 e. The van der Waals surface area contributed by atoms with Crippen LogP contribution in [-0.4, -0.2) is 28.3 Å². The average molecular weight is 273 g/mol. The first-order valence-electron chi connectivity index (χ1n) is 5.80. The van der Waals surface area contributed by atoms with Crippen molar-refractivity contribution in [3.8, 4) is 5.75 Å². The Morgan fingerprint density at radius 2 is 1.75 bits per heavy atom. The highest BCUT2D eigenvalue weighted by Gasteiger charge is 2.21. The van der Waals surface area contributed by atoms with Crippen molar-refractivity contribution < 1.29 is 23.9 Å². The number of nitrogens with one attached hydrogen (secondary N) is 1. The lowest BCUT2D eigenvalue weighted by Gasteiger charge is -2.05. The molecular formula is C14H11NO5. The summed E-state index contributed by atoms with van der Waals surface area (Å²) in [5.41, 5.74) is 0.642. The number of ether oxygens (including phenoxy) is 1. The van der Waals surface area contributed by atoms with Gasteiger partial charge in [0.25, 0.3) is 0 Å². The van der Waals surface area contributed by atoms with Crippen LogP contribution in [0.5, 0.6) is 5.75 Å². The van der Waals surface area contributed by atoms with Crippen molar-refractivity contribution >= 4 is 34.2 Å². The van der Waals surface area contributed by atoms with E-state index < -0.39 is 23.3 Å². The third-order valence-electron chi connectivity index (χ3n) is 2.72. The summed E-state index contributed by atoms with van der Waals surface area (Å²) in [5, 5.41) is 0.308. The lowest BCUT2D eigenvalue weighted by atomic mass is 10.1. The van der Waals surface area contributed by atoms with Crippen molar-refractivity contribution in [2.75, 3.05) is 0 Å². The maximum absolute atomic E-state index is 11.8. The number of carbonyl (C=O) groups is 4. The van der Waals surface area contributed by atoms with Crippen molar-refractivity contribution in [1.29, 1.82) is 0 Å². The summed E-state index contributed by atoms with van der Waals surface area (Å²) in [6, 6.07) is 4.72. The molecule has 0 radical (unpaired) electrons. The van der Waals surface area contributed by atoms with Gasteiger partial charge in [-0.2, -0.15) is 0 Å². The van der Waals surface area contributed by atoms with Crippen LogP contribution < -0.4 is 4.74 Å². The van der Waals surface area contributed by atoms with Crippen LogP contribution in [-0.2, 0) is 14.4 Å². The Balaban J connectivity index is 2.58. The van der Waals surface area contributed by atoms with Gasteiger partial charge in [-0.1, -0.05) is 6.07 Å². The van der Waals surface area contributed by atoms with E-state index in [2.05, 4.69) is 4.98 Å². The van der Waals surface area contributed by atoms with E-state index in [1.165, 1.54) is 12.3 Å². The highest BCUT2D eigenvalue weighted by Crippen LogP contribution is 2.29. The Hall–Kier alpha value is -2.76. The Kier molecular flexibility index (Phi) is 3.47. The lowest BCUT2D eigenvalue weighted by molar-refractivity contribution is -0.145. The molecule has 2 aromatic rings. The normalized spacial score (nSPS) is 10.3. The summed E-state index contributed by atoms with van der Waals surface area (Å²) in [7, 11) is 0. The molecule has 0 aliphatic heterocycles. The van der Waals surface area contributed by atoms with Gasteiger partial charge in [-0.25, -0.2) is 4.79 Å². The highest BCUT2D eigenvalue weighted by atomic mass is 16.5. The predicted molar refractivity (Wildman–Crippen MR) is 69.6 cm³/mol. The molecule has 0 saturated carbocycles. The SMILES string of the molecule is CC(=O)C(=O)Oc1cccc2[nH]cc(C(=O)C(C)=O)c12. The molecule has 6 nitrogen and oxygen atoms in total. The average Bonchev–Trinajstić information content (AvgIpc) is 2.82. The molecule has 1 aromatic carbocycles. The van der Waals surface area contributed by atoms with Crippen molar-refractivity contribution in [2.24, 2.45) is 0 Å². The number of hydrogen-bond acceptors (Lipinski definition) is 5. The molecule has 0 spiro atoms. The van der Waals surface area contributed by atoms with Crippen LogP contribution in [0.25, 0.3) is 10.9 Å². The molecule has 0 unspecified atom stereocenters. The van der Waals surface area contributed by atoms with Crippen LogP contribution >= 0.6 is 0 Å². The Morgan fingerprint density at radius 1 is 1.05 bits per heavy atom. The van der Waals surface area contributed by atoms with E-state index in [1.54, 1.807) is 12.1 Å². The van der Waals surface area contributed by atoms with Crippen LogP contribution in [0.1, 0.15) is 24.2 Å². The number of benzene rings is 1. The number of rotatable bonds is 4. The molecule has 1 aromatic heterocycles. The molecule has 0 aliphatic rings. The zero-order valence-corrected chi connectivity index (χ0v) is 10.9. The first-order chi connectivity index (χ1) is 9.41. The quantitative estimate of drug-likeness (QED) is 0.393. The molecule has 0 amide bonds. The fourth-order valence-electron chi connectivity index (χ4n) is 1.78. The third kappa shape index (κ3) is 2.35. The maximum Gasteiger partial charge on any atom is 0.379 e. The lowest BCUT2D eigenvalue weighted by Crippen LogP contribution is -2.17. The van der Waals surface area contributed by atoms with Gasteiger partial charge >= 0.3 is 5.97 Å². The Bertz CT molecular complexity index is 741. The van der Waals surface area contributed by atoms with E-state index >= 15 is 0 Å². The Morgan fingerprint density at radius 3 is 2.35 bits per heavy atom. The summed E-state index contributed by atoms with van der Waals surface area (Å²) < 4.78 is 4.95. The van der Waals surface area contributed by atoms with Crippen molar-refractivity contribution in [3.63, 3.8) is 0 Å². The predicted octanol–water partition coefficient (Wildman–Crippen LogP) is 1.43. The first kappa shape index (κ1) is 13.7. The van der Waals surface area contributed by atoms with Crippen LogP contribution in [0, 0.1) is 0 Å². The summed E-state index contributed by atoms with van der Waals surface area (Å²) in [4.78, 5) is 48.1. The van der Waals surface area contributed by atoms with Gasteiger partial charge < -0.3 is 9.72 Å². The molecule has 0 atom stereocenters. The van der Waals surface area contributed by atoms with Crippen molar-refractivity contribution in [2.45, 2.75) is 13.8 Å². The molecule has 1 N–H and O–H groups in total. The Labute approximate surface area is 113 Å². The topological polar surface area (TPSA) is 93.3 Å². The third-order valence-corrected chi connectivity index (χ3v) is 2.72. The minimum absolute atomic E-state index is 0.0635. The number of aromatic amines is 1. The van der Waals surface area contributed by atoms with E-state index in [9.17, 15) is 19.2 Å². The minimum Gasteiger partial charge on any atom is -0.420 e. The standard InChI is InChI=1S/C14H11NO5/c1-7(16)13(18)9-6-15-10-4-3-5-11(12(9)10)20-14(19)8(2)17/h3-6,15H,1-2H3. The second-order valence-electron chi connectivity index (χ2n) is 4.21. The molecule has 0 bridgehead atoms. The van der Waals surface area contributed by atoms with E-state index in [-0.39, 0.29) is 11.3 Å². The van der Waals surface area contributed by atoms with E-state index in [4.69, 9.17) is 4.74 Å². The first-order valence-corrected chi connectivity index (χ1v) is 5.80. The molecular weight excluding hydrogens is 262 g/mol. The second kappa shape index (κ2) is 5.08. The summed E-state index contributed by atoms with van der Waals surface area (Å²) in [6.45, 7) is 2.24. The molecule has 6 heteroatoms. The summed E-state index contributed by atoms with van der Waals surface area (Å²) in [6.07, 6.45) is 1.37. The molecule has 2 rings (SSSR count). The van der Waals surface area contributed by atoms with Crippen LogP contribution in [0.2, 0.25) is 0 Å². The highest BCUT2D eigenvalue weighted by molar-refractivity contribution is 6.45. The van der Waals surface area contributed by atoms with Crippen LogP contribution in [0.15, 0.2) is 24.4 Å². The number of esters is 1. The molecule has 20 heavy (non-hydrogen) atoms. The van der Waals surface area contributed by atoms with Gasteiger partial charge in [0.2, 0.25) is 11.6 Å². The van der Waals surface area contributed by atoms with Gasteiger partial charge in [0.1, 0.15) is 5.75 Å². The molecule has 102 valence electrons. The summed E-state index contributed by atoms with van der Waals surface area (Å²) in [5.74, 6) is -3.04. The van der Waals surface area contributed by atoms with E-state index in [0.717, 1.165) is 13.8 Å². The second-order valence-corrected chi connectivity index (χ2v) is 4.21. The molecule has 0 saturated heterocycles.